The minimum atomic E-state index is -0.881. The fourth-order valence-corrected chi connectivity index (χ4v) is 2.34. The highest BCUT2D eigenvalue weighted by Gasteiger charge is 2.10. The molecular formula is C12H14N4O2S. The zero-order valence-electron chi connectivity index (χ0n) is 10.5. The number of carbonyl (C=O) groups is 1. The number of rotatable bonds is 6. The fraction of sp³-hybridized carbons (Fsp3) is 0.333. The van der Waals surface area contributed by atoms with E-state index in [1.54, 1.807) is 4.68 Å². The quantitative estimate of drug-likeness (QED) is 0.806. The molecule has 0 unspecified atom stereocenters. The normalized spacial score (nSPS) is 10.6. The molecular weight excluding hydrogens is 264 g/mol. The molecule has 0 fully saturated rings. The molecule has 0 radical (unpaired) electrons. The van der Waals surface area contributed by atoms with Crippen LogP contribution in [-0.4, -0.2) is 37.0 Å². The zero-order chi connectivity index (χ0) is 13.7. The SMILES string of the molecule is CCc1ccccc1Cn1nnnc1SCC(=O)O. The third kappa shape index (κ3) is 3.54. The molecule has 1 aromatic carbocycles. The van der Waals surface area contributed by atoms with Gasteiger partial charge in [0.05, 0.1) is 12.3 Å². The standard InChI is InChI=1S/C12H14N4O2S/c1-2-9-5-3-4-6-10(9)7-16-12(13-14-15-16)19-8-11(17)18/h3-6H,2,7-8H2,1H3,(H,17,18). The van der Waals surface area contributed by atoms with Crippen molar-refractivity contribution in [2.24, 2.45) is 0 Å². The Morgan fingerprint density at radius 2 is 2.11 bits per heavy atom. The summed E-state index contributed by atoms with van der Waals surface area (Å²) in [4.78, 5) is 10.6. The number of aromatic nitrogens is 4. The van der Waals surface area contributed by atoms with Crippen LogP contribution >= 0.6 is 11.8 Å². The fourth-order valence-electron chi connectivity index (χ4n) is 1.74. The molecule has 1 aromatic heterocycles. The van der Waals surface area contributed by atoms with E-state index >= 15 is 0 Å². The van der Waals surface area contributed by atoms with Crippen molar-refractivity contribution < 1.29 is 9.90 Å². The largest absolute Gasteiger partial charge is 0.481 e. The van der Waals surface area contributed by atoms with Gasteiger partial charge in [0.2, 0.25) is 5.16 Å². The molecule has 0 aliphatic heterocycles. The summed E-state index contributed by atoms with van der Waals surface area (Å²) in [5.41, 5.74) is 2.39. The maximum atomic E-state index is 10.6. The minimum Gasteiger partial charge on any atom is -0.481 e. The van der Waals surface area contributed by atoms with Gasteiger partial charge < -0.3 is 5.11 Å². The van der Waals surface area contributed by atoms with Gasteiger partial charge in [0.25, 0.3) is 0 Å². The molecule has 7 heteroatoms. The van der Waals surface area contributed by atoms with E-state index in [0.717, 1.165) is 23.7 Å². The third-order valence-corrected chi connectivity index (χ3v) is 3.59. The molecule has 0 atom stereocenters. The molecule has 0 saturated carbocycles. The van der Waals surface area contributed by atoms with Crippen LogP contribution in [-0.2, 0) is 17.8 Å². The molecule has 0 bridgehead atoms. The maximum Gasteiger partial charge on any atom is 0.313 e. The molecule has 2 rings (SSSR count). The number of hydrogen-bond donors (Lipinski definition) is 1. The Morgan fingerprint density at radius 3 is 2.79 bits per heavy atom. The second-order valence-corrected chi connectivity index (χ2v) is 4.87. The highest BCUT2D eigenvalue weighted by Crippen LogP contribution is 2.16. The predicted molar refractivity (Wildman–Crippen MR) is 71.1 cm³/mol. The van der Waals surface area contributed by atoms with Gasteiger partial charge in [0.15, 0.2) is 0 Å². The zero-order valence-corrected chi connectivity index (χ0v) is 11.3. The van der Waals surface area contributed by atoms with Gasteiger partial charge in [-0.1, -0.05) is 43.0 Å². The second-order valence-electron chi connectivity index (χ2n) is 3.92. The number of carboxylic acids is 1. The summed E-state index contributed by atoms with van der Waals surface area (Å²) in [6, 6.07) is 8.08. The van der Waals surface area contributed by atoms with Crippen molar-refractivity contribution in [3.63, 3.8) is 0 Å². The number of nitrogens with zero attached hydrogens (tertiary/aromatic N) is 4. The number of carboxylic acid groups (broad SMARTS) is 1. The van der Waals surface area contributed by atoms with Crippen molar-refractivity contribution >= 4 is 17.7 Å². The lowest BCUT2D eigenvalue weighted by atomic mass is 10.1. The van der Waals surface area contributed by atoms with Gasteiger partial charge in [-0.2, -0.15) is 0 Å². The van der Waals surface area contributed by atoms with Crippen molar-refractivity contribution in [1.82, 2.24) is 20.2 Å². The van der Waals surface area contributed by atoms with Crippen LogP contribution in [0, 0.1) is 0 Å². The summed E-state index contributed by atoms with van der Waals surface area (Å²) in [6.45, 7) is 2.65. The molecule has 0 saturated heterocycles. The molecule has 6 nitrogen and oxygen atoms in total. The monoisotopic (exact) mass is 278 g/mol. The van der Waals surface area contributed by atoms with Gasteiger partial charge in [0, 0.05) is 0 Å². The number of tetrazole rings is 1. The summed E-state index contributed by atoms with van der Waals surface area (Å²) in [6.07, 6.45) is 0.940. The Labute approximate surface area is 114 Å². The van der Waals surface area contributed by atoms with Crippen LogP contribution in [0.3, 0.4) is 0 Å². The van der Waals surface area contributed by atoms with Gasteiger partial charge in [-0.05, 0) is 28.0 Å². The molecule has 0 aliphatic rings. The summed E-state index contributed by atoms with van der Waals surface area (Å²) < 4.78 is 1.63. The number of aryl methyl sites for hydroxylation is 1. The van der Waals surface area contributed by atoms with Crippen LogP contribution in [0.4, 0.5) is 0 Å². The van der Waals surface area contributed by atoms with Crippen molar-refractivity contribution in [3.05, 3.63) is 35.4 Å². The van der Waals surface area contributed by atoms with Crippen LogP contribution in [0.5, 0.6) is 0 Å². The minimum absolute atomic E-state index is 0.0458. The number of aliphatic carboxylic acids is 1. The first-order chi connectivity index (χ1) is 9.20. The number of thioether (sulfide) groups is 1. The lowest BCUT2D eigenvalue weighted by molar-refractivity contribution is -0.133. The number of hydrogen-bond acceptors (Lipinski definition) is 5. The van der Waals surface area contributed by atoms with Crippen molar-refractivity contribution in [3.8, 4) is 0 Å². The van der Waals surface area contributed by atoms with E-state index in [4.69, 9.17) is 5.11 Å². The Morgan fingerprint density at radius 1 is 1.37 bits per heavy atom. The highest BCUT2D eigenvalue weighted by atomic mass is 32.2. The van der Waals surface area contributed by atoms with Gasteiger partial charge in [-0.3, -0.25) is 4.79 Å². The summed E-state index contributed by atoms with van der Waals surface area (Å²) in [5, 5.41) is 20.5. The first kappa shape index (κ1) is 13.5. The lowest BCUT2D eigenvalue weighted by Crippen LogP contribution is -2.07. The van der Waals surface area contributed by atoms with Crippen molar-refractivity contribution in [2.75, 3.05) is 5.75 Å². The lowest BCUT2D eigenvalue weighted by Gasteiger charge is -2.08. The van der Waals surface area contributed by atoms with Crippen molar-refractivity contribution in [2.45, 2.75) is 25.0 Å². The summed E-state index contributed by atoms with van der Waals surface area (Å²) in [7, 11) is 0. The van der Waals surface area contributed by atoms with E-state index in [1.807, 2.05) is 18.2 Å². The highest BCUT2D eigenvalue weighted by molar-refractivity contribution is 7.99. The number of benzene rings is 1. The average molecular weight is 278 g/mol. The molecule has 19 heavy (non-hydrogen) atoms. The predicted octanol–water partition coefficient (Wildman–Crippen LogP) is 1.46. The van der Waals surface area contributed by atoms with Crippen LogP contribution in [0.25, 0.3) is 0 Å². The second kappa shape index (κ2) is 6.33. The van der Waals surface area contributed by atoms with Crippen LogP contribution in [0.1, 0.15) is 18.1 Å². The van der Waals surface area contributed by atoms with Gasteiger partial charge in [0.1, 0.15) is 0 Å². The summed E-state index contributed by atoms with van der Waals surface area (Å²) in [5.74, 6) is -0.927. The topological polar surface area (TPSA) is 80.9 Å². The Balaban J connectivity index is 2.15. The Kier molecular flexibility index (Phi) is 4.51. The first-order valence-electron chi connectivity index (χ1n) is 5.88. The van der Waals surface area contributed by atoms with E-state index in [0.29, 0.717) is 11.7 Å². The summed E-state index contributed by atoms with van der Waals surface area (Å²) >= 11 is 1.12. The first-order valence-corrected chi connectivity index (χ1v) is 6.86. The van der Waals surface area contributed by atoms with Crippen molar-refractivity contribution in [1.29, 1.82) is 0 Å². The van der Waals surface area contributed by atoms with Gasteiger partial charge in [-0.15, -0.1) is 5.10 Å². The average Bonchev–Trinajstić information content (AvgIpc) is 2.84. The van der Waals surface area contributed by atoms with Crippen LogP contribution in [0.2, 0.25) is 0 Å². The van der Waals surface area contributed by atoms with Gasteiger partial charge >= 0.3 is 5.97 Å². The van der Waals surface area contributed by atoms with Crippen LogP contribution < -0.4 is 0 Å². The van der Waals surface area contributed by atoms with E-state index in [9.17, 15) is 4.79 Å². The Bertz CT molecular complexity index is 570. The molecule has 0 spiro atoms. The van der Waals surface area contributed by atoms with E-state index in [2.05, 4.69) is 28.5 Å². The third-order valence-electron chi connectivity index (χ3n) is 2.64. The molecule has 100 valence electrons. The van der Waals surface area contributed by atoms with Gasteiger partial charge in [-0.25, -0.2) is 4.68 Å². The molecule has 1 N–H and O–H groups in total. The van der Waals surface area contributed by atoms with E-state index in [-0.39, 0.29) is 5.75 Å². The van der Waals surface area contributed by atoms with E-state index in [1.165, 1.54) is 5.56 Å². The van der Waals surface area contributed by atoms with E-state index < -0.39 is 5.97 Å². The molecule has 2 aromatic rings. The van der Waals surface area contributed by atoms with Crippen LogP contribution in [0.15, 0.2) is 29.4 Å². The maximum absolute atomic E-state index is 10.6. The molecule has 0 aliphatic carbocycles. The molecule has 1 heterocycles. The smallest absolute Gasteiger partial charge is 0.313 e. The Hall–Kier alpha value is -1.89. The molecule has 0 amide bonds.